The molecule has 1 unspecified atom stereocenters. The highest BCUT2D eigenvalue weighted by Gasteiger charge is 2.28. The first-order valence-electron chi connectivity index (χ1n) is 11.0. The molecule has 3 aromatic heterocycles. The number of tetrazole rings is 1. The highest BCUT2D eigenvalue weighted by molar-refractivity contribution is 6.31. The molecule has 0 aliphatic carbocycles. The molecule has 34 heavy (non-hydrogen) atoms. The van der Waals surface area contributed by atoms with Crippen molar-refractivity contribution in [3.63, 3.8) is 0 Å². The molecule has 1 atom stereocenters. The molecule has 0 bridgehead atoms. The van der Waals surface area contributed by atoms with E-state index in [1.54, 1.807) is 16.8 Å². The third-order valence-electron chi connectivity index (χ3n) is 6.26. The number of pyridine rings is 1. The van der Waals surface area contributed by atoms with Crippen LogP contribution in [-0.4, -0.2) is 34.7 Å². The average Bonchev–Trinajstić information content (AvgIpc) is 3.59. The lowest BCUT2D eigenvalue weighted by molar-refractivity contribution is 0.571. The molecule has 4 heterocycles. The summed E-state index contributed by atoms with van der Waals surface area (Å²) >= 11 is 6.30. The van der Waals surface area contributed by atoms with Gasteiger partial charge in [-0.05, 0) is 60.0 Å². The Balaban J connectivity index is 1.42. The Morgan fingerprint density at radius 2 is 1.91 bits per heavy atom. The van der Waals surface area contributed by atoms with Crippen molar-refractivity contribution in [2.24, 2.45) is 0 Å². The second kappa shape index (κ2) is 8.07. The van der Waals surface area contributed by atoms with Gasteiger partial charge in [-0.15, -0.1) is 5.10 Å². The van der Waals surface area contributed by atoms with Crippen LogP contribution in [0.15, 0.2) is 71.8 Å². The van der Waals surface area contributed by atoms with Gasteiger partial charge in [0.15, 0.2) is 0 Å². The number of rotatable bonds is 4. The van der Waals surface area contributed by atoms with Crippen LogP contribution < -0.4 is 5.56 Å². The van der Waals surface area contributed by atoms with Crippen LogP contribution in [0, 0.1) is 6.92 Å². The fraction of sp³-hybridized carbons (Fsp3) is 0.160. The fourth-order valence-corrected chi connectivity index (χ4v) is 4.91. The minimum absolute atomic E-state index is 0.0760. The van der Waals surface area contributed by atoms with Crippen molar-refractivity contribution in [1.29, 1.82) is 0 Å². The lowest BCUT2D eigenvalue weighted by atomic mass is 10.0. The zero-order valence-electron chi connectivity index (χ0n) is 18.3. The number of fused-ring (bicyclic) bond motifs is 1. The van der Waals surface area contributed by atoms with Crippen LogP contribution in [0.2, 0.25) is 5.02 Å². The van der Waals surface area contributed by atoms with E-state index in [0.717, 1.165) is 58.1 Å². The Kier molecular flexibility index (Phi) is 4.88. The Labute approximate surface area is 199 Å². The molecule has 2 aromatic carbocycles. The SMILES string of the molecule is Cc1[nH]c(C2CCc3cc(-c4cc(Cl)ccc4-n4cnnn4)cc(=O)n32)nc1-c1ccccc1. The summed E-state index contributed by atoms with van der Waals surface area (Å²) in [5.41, 5.74) is 6.18. The van der Waals surface area contributed by atoms with Crippen LogP contribution in [0.4, 0.5) is 0 Å². The number of hydrogen-bond acceptors (Lipinski definition) is 5. The van der Waals surface area contributed by atoms with Gasteiger partial charge in [0.25, 0.3) is 5.56 Å². The molecule has 0 saturated carbocycles. The molecule has 0 fully saturated rings. The molecule has 0 radical (unpaired) electrons. The topological polar surface area (TPSA) is 94.3 Å². The van der Waals surface area contributed by atoms with Crippen LogP contribution in [-0.2, 0) is 6.42 Å². The van der Waals surface area contributed by atoms with Gasteiger partial charge in [-0.1, -0.05) is 41.9 Å². The van der Waals surface area contributed by atoms with Crippen molar-refractivity contribution in [1.82, 2.24) is 34.7 Å². The Hall–Kier alpha value is -4.04. The van der Waals surface area contributed by atoms with Gasteiger partial charge < -0.3 is 9.55 Å². The largest absolute Gasteiger partial charge is 0.344 e. The van der Waals surface area contributed by atoms with Gasteiger partial charge in [0.05, 0.1) is 17.4 Å². The standard InChI is InChI=1S/C25H20ClN7O/c1-15-24(16-5-3-2-4-6-16)29-25(28-15)22-10-8-19-11-17(12-23(34)33(19)22)20-13-18(26)7-9-21(20)32-14-27-30-31-32/h2-7,9,11-14,22H,8,10H2,1H3,(H,28,29). The molecular formula is C25H20ClN7O. The summed E-state index contributed by atoms with van der Waals surface area (Å²) in [7, 11) is 0. The molecule has 1 aliphatic heterocycles. The maximum absolute atomic E-state index is 13.4. The highest BCUT2D eigenvalue weighted by Crippen LogP contribution is 2.35. The van der Waals surface area contributed by atoms with Crippen LogP contribution in [0.5, 0.6) is 0 Å². The summed E-state index contributed by atoms with van der Waals surface area (Å²) in [6.07, 6.45) is 3.09. The predicted octanol–water partition coefficient (Wildman–Crippen LogP) is 4.38. The van der Waals surface area contributed by atoms with E-state index in [0.29, 0.717) is 5.02 Å². The molecule has 0 amide bonds. The number of aromatic amines is 1. The van der Waals surface area contributed by atoms with Gasteiger partial charge in [0, 0.05) is 33.6 Å². The molecule has 5 aromatic rings. The summed E-state index contributed by atoms with van der Waals surface area (Å²) in [5.74, 6) is 0.807. The van der Waals surface area contributed by atoms with Crippen molar-refractivity contribution in [3.05, 3.63) is 99.6 Å². The summed E-state index contributed by atoms with van der Waals surface area (Å²) in [4.78, 5) is 21.7. The monoisotopic (exact) mass is 469 g/mol. The number of nitrogens with one attached hydrogen (secondary N) is 1. The van der Waals surface area contributed by atoms with E-state index in [4.69, 9.17) is 16.6 Å². The van der Waals surface area contributed by atoms with Crippen molar-refractivity contribution < 1.29 is 0 Å². The minimum atomic E-state index is -0.133. The van der Waals surface area contributed by atoms with Gasteiger partial charge >= 0.3 is 0 Å². The van der Waals surface area contributed by atoms with Crippen LogP contribution in [0.25, 0.3) is 28.1 Å². The van der Waals surface area contributed by atoms with Gasteiger partial charge in [0.1, 0.15) is 12.2 Å². The Morgan fingerprint density at radius 3 is 2.71 bits per heavy atom. The first-order chi connectivity index (χ1) is 16.6. The lowest BCUT2D eigenvalue weighted by Gasteiger charge is -2.15. The molecule has 8 nitrogen and oxygen atoms in total. The first kappa shape index (κ1) is 20.6. The first-order valence-corrected chi connectivity index (χ1v) is 11.4. The Morgan fingerprint density at radius 1 is 1.06 bits per heavy atom. The van der Waals surface area contributed by atoms with E-state index in [-0.39, 0.29) is 11.6 Å². The summed E-state index contributed by atoms with van der Waals surface area (Å²) in [6, 6.07) is 19.1. The summed E-state index contributed by atoms with van der Waals surface area (Å²) in [6.45, 7) is 2.01. The van der Waals surface area contributed by atoms with Crippen LogP contribution in [0.3, 0.4) is 0 Å². The van der Waals surface area contributed by atoms with E-state index < -0.39 is 0 Å². The van der Waals surface area contributed by atoms with Gasteiger partial charge in [-0.25, -0.2) is 4.98 Å². The number of hydrogen-bond donors (Lipinski definition) is 1. The third kappa shape index (κ3) is 3.43. The van der Waals surface area contributed by atoms with Crippen molar-refractivity contribution in [2.45, 2.75) is 25.8 Å². The number of aryl methyl sites for hydroxylation is 2. The number of nitrogens with zero attached hydrogens (tertiary/aromatic N) is 6. The van der Waals surface area contributed by atoms with E-state index in [1.165, 1.54) is 6.33 Å². The number of aromatic nitrogens is 7. The average molecular weight is 470 g/mol. The molecule has 0 saturated heterocycles. The second-order valence-electron chi connectivity index (χ2n) is 8.38. The number of imidazole rings is 1. The predicted molar refractivity (Wildman–Crippen MR) is 129 cm³/mol. The van der Waals surface area contributed by atoms with Gasteiger partial charge in [0.2, 0.25) is 0 Å². The normalized spacial score (nSPS) is 14.9. The lowest BCUT2D eigenvalue weighted by Crippen LogP contribution is -2.24. The number of H-pyrrole nitrogens is 1. The van der Waals surface area contributed by atoms with Gasteiger partial charge in [-0.2, -0.15) is 4.68 Å². The molecule has 0 spiro atoms. The highest BCUT2D eigenvalue weighted by atomic mass is 35.5. The molecule has 1 N–H and O–H groups in total. The molecule has 9 heteroatoms. The summed E-state index contributed by atoms with van der Waals surface area (Å²) in [5, 5.41) is 12.0. The van der Waals surface area contributed by atoms with Gasteiger partial charge in [-0.3, -0.25) is 4.79 Å². The fourth-order valence-electron chi connectivity index (χ4n) is 4.74. The maximum atomic E-state index is 13.4. The van der Waals surface area contributed by atoms with Crippen LogP contribution in [0.1, 0.15) is 29.7 Å². The zero-order chi connectivity index (χ0) is 23.2. The minimum Gasteiger partial charge on any atom is -0.344 e. The third-order valence-corrected chi connectivity index (χ3v) is 6.50. The smallest absolute Gasteiger partial charge is 0.252 e. The number of halogens is 1. The van der Waals surface area contributed by atoms with Crippen molar-refractivity contribution in [2.75, 3.05) is 0 Å². The van der Waals surface area contributed by atoms with Crippen molar-refractivity contribution >= 4 is 11.6 Å². The quantitative estimate of drug-likeness (QED) is 0.421. The summed E-state index contributed by atoms with van der Waals surface area (Å²) < 4.78 is 3.41. The molecule has 6 rings (SSSR count). The van der Waals surface area contributed by atoms with E-state index in [1.807, 2.05) is 54.0 Å². The second-order valence-corrected chi connectivity index (χ2v) is 8.81. The molecule has 168 valence electrons. The zero-order valence-corrected chi connectivity index (χ0v) is 19.1. The van der Waals surface area contributed by atoms with E-state index >= 15 is 0 Å². The molecular weight excluding hydrogens is 450 g/mol. The van der Waals surface area contributed by atoms with Crippen molar-refractivity contribution in [3.8, 4) is 28.1 Å². The van der Waals surface area contributed by atoms with E-state index in [2.05, 4.69) is 26.6 Å². The molecule has 1 aliphatic rings. The van der Waals surface area contributed by atoms with E-state index in [9.17, 15) is 4.79 Å². The van der Waals surface area contributed by atoms with Crippen LogP contribution >= 0.6 is 11.6 Å². The maximum Gasteiger partial charge on any atom is 0.252 e. The Bertz CT molecular complexity index is 1550. The number of benzene rings is 2.